The Kier molecular flexibility index (Phi) is 4.78. The van der Waals surface area contributed by atoms with Gasteiger partial charge in [-0.25, -0.2) is 0 Å². The highest BCUT2D eigenvalue weighted by atomic mass is 16.1. The molecule has 0 bridgehead atoms. The summed E-state index contributed by atoms with van der Waals surface area (Å²) in [6.07, 6.45) is 3.33. The second-order valence-electron chi connectivity index (χ2n) is 5.37. The standard InChI is InChI=1S/C13H25NO/c1-10(2)13-5-7-14(8-6-13)11(3)9-12(4)15/h10-11,13H,5-9H2,1-4H3. The van der Waals surface area contributed by atoms with Gasteiger partial charge in [-0.05, 0) is 51.6 Å². The normalized spacial score (nSPS) is 21.9. The summed E-state index contributed by atoms with van der Waals surface area (Å²) in [6, 6.07) is 0.440. The molecule has 88 valence electrons. The lowest BCUT2D eigenvalue weighted by molar-refractivity contribution is -0.118. The molecule has 0 spiro atoms. The van der Waals surface area contributed by atoms with Crippen molar-refractivity contribution >= 4 is 5.78 Å². The van der Waals surface area contributed by atoms with Gasteiger partial charge >= 0.3 is 0 Å². The van der Waals surface area contributed by atoms with E-state index in [9.17, 15) is 4.79 Å². The molecule has 0 aliphatic carbocycles. The van der Waals surface area contributed by atoms with Crippen molar-refractivity contribution in [2.24, 2.45) is 11.8 Å². The first-order valence-electron chi connectivity index (χ1n) is 6.24. The predicted molar refractivity (Wildman–Crippen MR) is 63.9 cm³/mol. The van der Waals surface area contributed by atoms with E-state index < -0.39 is 0 Å². The van der Waals surface area contributed by atoms with Crippen LogP contribution >= 0.6 is 0 Å². The van der Waals surface area contributed by atoms with E-state index in [1.807, 2.05) is 0 Å². The summed E-state index contributed by atoms with van der Waals surface area (Å²) in [5, 5.41) is 0. The van der Waals surface area contributed by atoms with Crippen molar-refractivity contribution < 1.29 is 4.79 Å². The van der Waals surface area contributed by atoms with Crippen molar-refractivity contribution in [1.82, 2.24) is 4.90 Å². The molecule has 0 amide bonds. The molecule has 2 heteroatoms. The van der Waals surface area contributed by atoms with Gasteiger partial charge in [0.25, 0.3) is 0 Å². The number of piperidine rings is 1. The Morgan fingerprint density at radius 2 is 1.80 bits per heavy atom. The van der Waals surface area contributed by atoms with E-state index in [0.29, 0.717) is 18.2 Å². The molecule has 1 aliphatic rings. The third-order valence-electron chi connectivity index (χ3n) is 3.72. The number of Topliss-reactive ketones (excluding diaryl/α,β-unsaturated/α-hetero) is 1. The molecule has 1 saturated heterocycles. The fourth-order valence-electron chi connectivity index (χ4n) is 2.57. The lowest BCUT2D eigenvalue weighted by Gasteiger charge is -2.37. The Morgan fingerprint density at radius 3 is 2.20 bits per heavy atom. The second-order valence-corrected chi connectivity index (χ2v) is 5.37. The number of likely N-dealkylation sites (tertiary alicyclic amines) is 1. The SMILES string of the molecule is CC(=O)CC(C)N1CCC(C(C)C)CC1. The van der Waals surface area contributed by atoms with Gasteiger partial charge in [-0.2, -0.15) is 0 Å². The van der Waals surface area contributed by atoms with E-state index in [4.69, 9.17) is 0 Å². The number of carbonyl (C=O) groups excluding carboxylic acids is 1. The minimum atomic E-state index is 0.313. The average molecular weight is 211 g/mol. The van der Waals surface area contributed by atoms with E-state index in [0.717, 1.165) is 11.8 Å². The van der Waals surface area contributed by atoms with Gasteiger partial charge in [-0.15, -0.1) is 0 Å². The van der Waals surface area contributed by atoms with Gasteiger partial charge in [0.2, 0.25) is 0 Å². The molecule has 0 N–H and O–H groups in total. The van der Waals surface area contributed by atoms with Crippen LogP contribution in [0.4, 0.5) is 0 Å². The highest BCUT2D eigenvalue weighted by molar-refractivity contribution is 5.76. The van der Waals surface area contributed by atoms with Gasteiger partial charge in [0, 0.05) is 12.5 Å². The van der Waals surface area contributed by atoms with Crippen molar-refractivity contribution in [2.45, 2.75) is 53.0 Å². The Labute approximate surface area is 94.0 Å². The van der Waals surface area contributed by atoms with E-state index in [1.54, 1.807) is 6.92 Å². The summed E-state index contributed by atoms with van der Waals surface area (Å²) in [6.45, 7) is 10.9. The first kappa shape index (κ1) is 12.7. The number of rotatable bonds is 4. The molecule has 2 nitrogen and oxygen atoms in total. The largest absolute Gasteiger partial charge is 0.300 e. The van der Waals surface area contributed by atoms with E-state index >= 15 is 0 Å². The summed E-state index contributed by atoms with van der Waals surface area (Å²) >= 11 is 0. The number of hydrogen-bond donors (Lipinski definition) is 0. The molecule has 1 fully saturated rings. The summed E-state index contributed by atoms with van der Waals surface area (Å²) < 4.78 is 0. The fourth-order valence-corrected chi connectivity index (χ4v) is 2.57. The monoisotopic (exact) mass is 211 g/mol. The zero-order valence-electron chi connectivity index (χ0n) is 10.6. The maximum Gasteiger partial charge on any atom is 0.131 e. The third-order valence-corrected chi connectivity index (χ3v) is 3.72. The van der Waals surface area contributed by atoms with Crippen LogP contribution in [0.1, 0.15) is 47.0 Å². The van der Waals surface area contributed by atoms with Gasteiger partial charge < -0.3 is 4.90 Å². The van der Waals surface area contributed by atoms with Crippen LogP contribution in [0.25, 0.3) is 0 Å². The van der Waals surface area contributed by atoms with Crippen molar-refractivity contribution in [3.63, 3.8) is 0 Å². The van der Waals surface area contributed by atoms with Crippen molar-refractivity contribution in [2.75, 3.05) is 13.1 Å². The van der Waals surface area contributed by atoms with Gasteiger partial charge in [0.15, 0.2) is 0 Å². The van der Waals surface area contributed by atoms with Crippen LogP contribution in [-0.4, -0.2) is 29.8 Å². The minimum absolute atomic E-state index is 0.313. The Bertz CT molecular complexity index is 205. The molecular weight excluding hydrogens is 186 g/mol. The lowest BCUT2D eigenvalue weighted by atomic mass is 9.86. The summed E-state index contributed by atoms with van der Waals surface area (Å²) in [5.74, 6) is 2.02. The molecular formula is C13H25NO. The summed E-state index contributed by atoms with van der Waals surface area (Å²) in [4.78, 5) is 13.5. The van der Waals surface area contributed by atoms with Crippen LogP contribution in [0.2, 0.25) is 0 Å². The van der Waals surface area contributed by atoms with Crippen molar-refractivity contribution in [3.05, 3.63) is 0 Å². The smallest absolute Gasteiger partial charge is 0.131 e. The predicted octanol–water partition coefficient (Wildman–Crippen LogP) is 2.72. The fraction of sp³-hybridized carbons (Fsp3) is 0.923. The molecule has 0 aromatic carbocycles. The third kappa shape index (κ3) is 3.94. The maximum absolute atomic E-state index is 11.0. The highest BCUT2D eigenvalue weighted by Crippen LogP contribution is 2.25. The van der Waals surface area contributed by atoms with E-state index in [-0.39, 0.29) is 0 Å². The van der Waals surface area contributed by atoms with Crippen LogP contribution < -0.4 is 0 Å². The second kappa shape index (κ2) is 5.64. The number of ketones is 1. The molecule has 1 unspecified atom stereocenters. The molecule has 1 aliphatic heterocycles. The van der Waals surface area contributed by atoms with Crippen LogP contribution in [-0.2, 0) is 4.79 Å². The average Bonchev–Trinajstić information content (AvgIpc) is 2.17. The van der Waals surface area contributed by atoms with Gasteiger partial charge in [-0.3, -0.25) is 4.79 Å². The molecule has 15 heavy (non-hydrogen) atoms. The van der Waals surface area contributed by atoms with E-state index in [2.05, 4.69) is 25.7 Å². The summed E-state index contributed by atoms with van der Waals surface area (Å²) in [5.41, 5.74) is 0. The van der Waals surface area contributed by atoms with Crippen LogP contribution in [0.15, 0.2) is 0 Å². The van der Waals surface area contributed by atoms with Gasteiger partial charge in [0.05, 0.1) is 0 Å². The van der Waals surface area contributed by atoms with Gasteiger partial charge in [0.1, 0.15) is 5.78 Å². The van der Waals surface area contributed by atoms with Crippen molar-refractivity contribution in [1.29, 1.82) is 0 Å². The molecule has 1 atom stereocenters. The zero-order chi connectivity index (χ0) is 11.4. The molecule has 0 aromatic rings. The minimum Gasteiger partial charge on any atom is -0.300 e. The highest BCUT2D eigenvalue weighted by Gasteiger charge is 2.24. The quantitative estimate of drug-likeness (QED) is 0.712. The van der Waals surface area contributed by atoms with Crippen LogP contribution in [0.3, 0.4) is 0 Å². The molecule has 0 aromatic heterocycles. The first-order chi connectivity index (χ1) is 7.00. The molecule has 0 saturated carbocycles. The van der Waals surface area contributed by atoms with Gasteiger partial charge in [-0.1, -0.05) is 13.8 Å². The van der Waals surface area contributed by atoms with Crippen LogP contribution in [0, 0.1) is 11.8 Å². The van der Waals surface area contributed by atoms with E-state index in [1.165, 1.54) is 25.9 Å². The Balaban J connectivity index is 2.33. The molecule has 1 rings (SSSR count). The maximum atomic E-state index is 11.0. The number of nitrogens with zero attached hydrogens (tertiary/aromatic N) is 1. The number of carbonyl (C=O) groups is 1. The first-order valence-corrected chi connectivity index (χ1v) is 6.24. The summed E-state index contributed by atoms with van der Waals surface area (Å²) in [7, 11) is 0. The lowest BCUT2D eigenvalue weighted by Crippen LogP contribution is -2.41. The van der Waals surface area contributed by atoms with Crippen LogP contribution in [0.5, 0.6) is 0 Å². The molecule has 0 radical (unpaired) electrons. The Morgan fingerprint density at radius 1 is 1.27 bits per heavy atom. The Hall–Kier alpha value is -0.370. The zero-order valence-corrected chi connectivity index (χ0v) is 10.6. The van der Waals surface area contributed by atoms with Crippen molar-refractivity contribution in [3.8, 4) is 0 Å². The molecule has 1 heterocycles. The number of hydrogen-bond acceptors (Lipinski definition) is 2. The topological polar surface area (TPSA) is 20.3 Å².